The van der Waals surface area contributed by atoms with Crippen LogP contribution in [0.2, 0.25) is 0 Å². The second kappa shape index (κ2) is 11.4. The van der Waals surface area contributed by atoms with Gasteiger partial charge in [-0.3, -0.25) is 9.59 Å². The molecule has 112 valence electrons. The molecule has 0 bridgehead atoms. The first-order chi connectivity index (χ1) is 9.16. The predicted molar refractivity (Wildman–Crippen MR) is 102 cm³/mol. The molecular weight excluding hydrogens is 651 g/mol. The van der Waals surface area contributed by atoms with E-state index in [1.807, 2.05) is 67.8 Å². The van der Waals surface area contributed by atoms with Gasteiger partial charge < -0.3 is 18.6 Å². The minimum Gasteiger partial charge on any atom is -1.00 e. The van der Waals surface area contributed by atoms with Crippen LogP contribution in [0.4, 0.5) is 11.4 Å². The average molecular weight is 662 g/mol. The molecule has 0 aliphatic carbocycles. The third-order valence-corrected chi connectivity index (χ3v) is 5.37. The van der Waals surface area contributed by atoms with E-state index >= 15 is 0 Å². The van der Waals surface area contributed by atoms with Gasteiger partial charge in [0.1, 0.15) is 0 Å². The van der Waals surface area contributed by atoms with E-state index in [9.17, 15) is 19.5 Å². The molecule has 1 aromatic carbocycles. The van der Waals surface area contributed by atoms with Crippen LogP contribution >= 0.6 is 67.8 Å². The van der Waals surface area contributed by atoms with Crippen LogP contribution in [0, 0.1) is 10.7 Å². The smallest absolute Gasteiger partial charge is 1.00 e. The molecule has 0 aliphatic rings. The molecule has 0 saturated carbocycles. The fourth-order valence-corrected chi connectivity index (χ4v) is 5.59. The van der Waals surface area contributed by atoms with Crippen LogP contribution < -0.4 is 69.7 Å². The summed E-state index contributed by atoms with van der Waals surface area (Å²) in [5.74, 6) is -1.74. The van der Waals surface area contributed by atoms with Gasteiger partial charge in [0.15, 0.2) is 0 Å². The molecule has 1 aromatic rings. The summed E-state index contributed by atoms with van der Waals surface area (Å²) in [6.45, 7) is 2.67. The second-order valence-corrected chi connectivity index (χ2v) is 6.97. The molecule has 0 saturated heterocycles. The number of hydrogen-bond acceptors (Lipinski definition) is 3. The maximum Gasteiger partial charge on any atom is 1.00 e. The van der Waals surface area contributed by atoms with Crippen LogP contribution in [0.1, 0.15) is 27.1 Å². The Morgan fingerprint density at radius 3 is 1.41 bits per heavy atom. The van der Waals surface area contributed by atoms with Gasteiger partial charge in [-0.15, -0.1) is 0 Å². The van der Waals surface area contributed by atoms with E-state index in [-0.39, 0.29) is 79.3 Å². The first-order valence-electron chi connectivity index (χ1n) is 5.15. The van der Waals surface area contributed by atoms with E-state index in [1.165, 1.54) is 13.8 Å². The van der Waals surface area contributed by atoms with Crippen molar-refractivity contribution in [1.82, 2.24) is 0 Å². The molecule has 0 atom stereocenters. The van der Waals surface area contributed by atoms with Crippen LogP contribution in [-0.4, -0.2) is 22.9 Å². The topological polar surface area (TPSA) is 95.5 Å². The minimum atomic E-state index is -1.12. The number of amides is 2. The Kier molecular flexibility index (Phi) is 13.5. The third kappa shape index (κ3) is 6.61. The zero-order chi connectivity index (χ0) is 15.6. The molecule has 0 aromatic heterocycles. The van der Waals surface area contributed by atoms with E-state index in [4.69, 9.17) is 0 Å². The number of anilines is 2. The second-order valence-electron chi connectivity index (χ2n) is 3.73. The summed E-state index contributed by atoms with van der Waals surface area (Å²) in [7, 11) is 0. The van der Waals surface area contributed by atoms with Crippen molar-refractivity contribution in [1.29, 1.82) is 0 Å². The molecule has 0 unspecified atom stereocenters. The number of benzene rings is 1. The first-order valence-corrected chi connectivity index (χ1v) is 8.39. The Labute approximate surface area is 215 Å². The minimum absolute atomic E-state index is 0. The number of carboxylic acid groups (broad SMARTS) is 1. The van der Waals surface area contributed by atoms with Gasteiger partial charge in [-0.2, -0.15) is 0 Å². The number of carbonyl (C=O) groups excluding carboxylic acids is 2. The summed E-state index contributed by atoms with van der Waals surface area (Å²) in [6.07, 6.45) is 0. The molecule has 2 amide bonds. The van der Waals surface area contributed by atoms with E-state index in [2.05, 4.69) is 10.6 Å². The molecule has 6 nitrogen and oxygen atoms in total. The Bertz CT molecular complexity index is 593. The standard InChI is InChI=1S/C11H9I3N2O4.2Na.2H/c1-3(17)15-9-6(12)5(11(19)20)7(13)10(8(9)14)16-4(2)18;;;;/h1-2H3,(H,15,17)(H,16,18)(H,19,20);;;;/q;2*+1;2*-1. The van der Waals surface area contributed by atoms with Crippen molar-refractivity contribution >= 4 is 96.9 Å². The summed E-state index contributed by atoms with van der Waals surface area (Å²) < 4.78 is 1.44. The molecule has 0 fully saturated rings. The Hall–Kier alpha value is 1.82. The normalized spacial score (nSPS) is 9.14. The molecule has 1 rings (SSSR count). The van der Waals surface area contributed by atoms with E-state index in [1.54, 1.807) is 0 Å². The Morgan fingerprint density at radius 1 is 0.864 bits per heavy atom. The van der Waals surface area contributed by atoms with Gasteiger partial charge in [0.25, 0.3) is 0 Å². The molecular formula is C11H11I3N2Na2O4. The average Bonchev–Trinajstić information content (AvgIpc) is 2.29. The van der Waals surface area contributed by atoms with Crippen LogP contribution in [0.15, 0.2) is 0 Å². The maximum atomic E-state index is 11.4. The number of halogens is 3. The van der Waals surface area contributed by atoms with Gasteiger partial charge in [0.2, 0.25) is 11.8 Å². The Balaban J connectivity index is -0.000000500. The largest absolute Gasteiger partial charge is 1.00 e. The number of nitrogens with one attached hydrogen (secondary N) is 2. The van der Waals surface area contributed by atoms with Crippen molar-refractivity contribution in [2.75, 3.05) is 10.6 Å². The van der Waals surface area contributed by atoms with Gasteiger partial charge >= 0.3 is 65.1 Å². The Morgan fingerprint density at radius 2 is 1.18 bits per heavy atom. The molecule has 3 N–H and O–H groups in total. The summed E-state index contributed by atoms with van der Waals surface area (Å²) in [5.41, 5.74) is 0.833. The molecule has 0 aliphatic heterocycles. The van der Waals surface area contributed by atoms with Crippen molar-refractivity contribution in [2.24, 2.45) is 0 Å². The molecule has 22 heavy (non-hydrogen) atoms. The van der Waals surface area contributed by atoms with Crippen LogP contribution in [0.5, 0.6) is 0 Å². The van der Waals surface area contributed by atoms with Gasteiger partial charge in [-0.25, -0.2) is 4.79 Å². The first kappa shape index (κ1) is 26.1. The van der Waals surface area contributed by atoms with Gasteiger partial charge in [0.05, 0.1) is 27.6 Å². The number of carboxylic acids is 1. The predicted octanol–water partition coefficient (Wildman–Crippen LogP) is -2.65. The van der Waals surface area contributed by atoms with Crippen LogP contribution in [-0.2, 0) is 9.59 Å². The van der Waals surface area contributed by atoms with Crippen LogP contribution in [0.3, 0.4) is 0 Å². The zero-order valence-electron chi connectivity index (χ0n) is 14.3. The van der Waals surface area contributed by atoms with Crippen molar-refractivity contribution in [3.8, 4) is 0 Å². The maximum absolute atomic E-state index is 11.4. The molecule has 0 spiro atoms. The van der Waals surface area contributed by atoms with Gasteiger partial charge in [-0.1, -0.05) is 0 Å². The van der Waals surface area contributed by atoms with Crippen molar-refractivity contribution < 1.29 is 81.5 Å². The van der Waals surface area contributed by atoms with Crippen molar-refractivity contribution in [2.45, 2.75) is 13.8 Å². The number of aromatic carboxylic acids is 1. The number of hydrogen-bond donors (Lipinski definition) is 3. The summed E-state index contributed by atoms with van der Waals surface area (Å²) in [4.78, 5) is 33.9. The SMILES string of the molecule is CC(=O)Nc1c(I)c(NC(C)=O)c(I)c(C(=O)O)c1I.[H-].[H-].[Na+].[Na+]. The summed E-state index contributed by atoms with van der Waals surface area (Å²) in [5, 5.41) is 14.5. The van der Waals surface area contributed by atoms with Gasteiger partial charge in [0, 0.05) is 13.8 Å². The van der Waals surface area contributed by atoms with Crippen LogP contribution in [0.25, 0.3) is 0 Å². The number of carbonyl (C=O) groups is 3. The van der Waals surface area contributed by atoms with E-state index < -0.39 is 5.97 Å². The summed E-state index contributed by atoms with van der Waals surface area (Å²) in [6, 6.07) is 0. The van der Waals surface area contributed by atoms with Gasteiger partial charge in [-0.05, 0) is 67.8 Å². The zero-order valence-corrected chi connectivity index (χ0v) is 22.8. The van der Waals surface area contributed by atoms with Crippen molar-refractivity contribution in [3.63, 3.8) is 0 Å². The monoisotopic (exact) mass is 662 g/mol. The number of rotatable bonds is 3. The fourth-order valence-electron chi connectivity index (χ4n) is 1.42. The molecule has 0 heterocycles. The molecule has 11 heteroatoms. The quantitative estimate of drug-likeness (QED) is 0.244. The van der Waals surface area contributed by atoms with E-state index in [0.29, 0.717) is 22.1 Å². The molecule has 0 radical (unpaired) electrons. The third-order valence-electron chi connectivity index (χ3n) is 2.13. The summed E-state index contributed by atoms with van der Waals surface area (Å²) >= 11 is 5.71. The van der Waals surface area contributed by atoms with E-state index in [0.717, 1.165) is 0 Å². The fraction of sp³-hybridized carbons (Fsp3) is 0.182. The van der Waals surface area contributed by atoms with Crippen molar-refractivity contribution in [3.05, 3.63) is 16.3 Å².